The average molecular weight is 323 g/mol. The summed E-state index contributed by atoms with van der Waals surface area (Å²) in [5.74, 6) is -0.480. The van der Waals surface area contributed by atoms with Crippen LogP contribution < -0.4 is 5.32 Å². The third-order valence-corrected chi connectivity index (χ3v) is 5.32. The minimum atomic E-state index is -0.394. The Balaban J connectivity index is 1.86. The minimum absolute atomic E-state index is 0.151. The van der Waals surface area contributed by atoms with Crippen molar-refractivity contribution in [3.8, 4) is 0 Å². The monoisotopic (exact) mass is 323 g/mol. The molecule has 0 unspecified atom stereocenters. The second-order valence-electron chi connectivity index (χ2n) is 5.63. The zero-order valence-corrected chi connectivity index (χ0v) is 13.6. The zero-order valence-electron chi connectivity index (χ0n) is 12.8. The number of fused-ring (bicyclic) bond motifs is 1. The Labute approximate surface area is 134 Å². The molecule has 0 bridgehead atoms. The van der Waals surface area contributed by atoms with Crippen LogP contribution in [-0.2, 0) is 27.1 Å². The molecule has 2 heterocycles. The number of aryl methyl sites for hydroxylation is 1. The van der Waals surface area contributed by atoms with Gasteiger partial charge in [0.25, 0.3) is 5.91 Å². The lowest BCUT2D eigenvalue weighted by atomic mass is 9.95. The second-order valence-corrected chi connectivity index (χ2v) is 6.73. The van der Waals surface area contributed by atoms with Crippen LogP contribution in [-0.4, -0.2) is 31.2 Å². The molecule has 1 aliphatic carbocycles. The van der Waals surface area contributed by atoms with Gasteiger partial charge in [0, 0.05) is 11.5 Å². The molecule has 0 spiro atoms. The highest BCUT2D eigenvalue weighted by molar-refractivity contribution is 7.17. The van der Waals surface area contributed by atoms with Crippen molar-refractivity contribution in [1.82, 2.24) is 0 Å². The smallest absolute Gasteiger partial charge is 0.341 e. The quantitative estimate of drug-likeness (QED) is 0.865. The van der Waals surface area contributed by atoms with Gasteiger partial charge in [-0.3, -0.25) is 4.79 Å². The van der Waals surface area contributed by atoms with Gasteiger partial charge in [-0.1, -0.05) is 0 Å². The van der Waals surface area contributed by atoms with Crippen molar-refractivity contribution < 1.29 is 19.1 Å². The van der Waals surface area contributed by atoms with Gasteiger partial charge < -0.3 is 14.8 Å². The molecule has 1 saturated heterocycles. The molecule has 22 heavy (non-hydrogen) atoms. The summed E-state index contributed by atoms with van der Waals surface area (Å²) in [5.41, 5.74) is 1.63. The van der Waals surface area contributed by atoms with E-state index < -0.39 is 6.10 Å². The van der Waals surface area contributed by atoms with E-state index >= 15 is 0 Å². The number of carbonyl (C=O) groups excluding carboxylic acids is 2. The number of ether oxygens (including phenoxy) is 2. The molecule has 5 nitrogen and oxygen atoms in total. The topological polar surface area (TPSA) is 64.6 Å². The number of amides is 1. The van der Waals surface area contributed by atoms with Crippen molar-refractivity contribution >= 4 is 28.2 Å². The number of rotatable bonds is 4. The number of esters is 1. The van der Waals surface area contributed by atoms with Crippen LogP contribution in [0.25, 0.3) is 0 Å². The Hall–Kier alpha value is -1.40. The van der Waals surface area contributed by atoms with Crippen LogP contribution >= 0.6 is 11.3 Å². The van der Waals surface area contributed by atoms with E-state index in [0.29, 0.717) is 23.8 Å². The summed E-state index contributed by atoms with van der Waals surface area (Å²) in [4.78, 5) is 25.8. The Kier molecular flexibility index (Phi) is 4.78. The highest BCUT2D eigenvalue weighted by atomic mass is 32.1. The molecule has 1 aromatic rings. The lowest BCUT2D eigenvalue weighted by molar-refractivity contribution is -0.124. The number of hydrogen-bond acceptors (Lipinski definition) is 5. The number of anilines is 1. The molecule has 1 atom stereocenters. The second kappa shape index (κ2) is 6.79. The first-order valence-corrected chi connectivity index (χ1v) is 8.76. The molecule has 1 N–H and O–H groups in total. The van der Waals surface area contributed by atoms with Gasteiger partial charge in [-0.25, -0.2) is 4.79 Å². The average Bonchev–Trinajstić information content (AvgIpc) is 3.14. The highest BCUT2D eigenvalue weighted by Gasteiger charge is 2.30. The first-order chi connectivity index (χ1) is 10.7. The lowest BCUT2D eigenvalue weighted by Crippen LogP contribution is -2.27. The van der Waals surface area contributed by atoms with Crippen LogP contribution in [0.1, 0.15) is 53.4 Å². The summed E-state index contributed by atoms with van der Waals surface area (Å²) in [6.07, 6.45) is 5.33. The summed E-state index contributed by atoms with van der Waals surface area (Å²) in [6.45, 7) is 2.76. The molecule has 120 valence electrons. The minimum Gasteiger partial charge on any atom is -0.462 e. The summed E-state index contributed by atoms with van der Waals surface area (Å²) in [6, 6.07) is 0. The first kappa shape index (κ1) is 15.5. The van der Waals surface area contributed by atoms with E-state index in [0.717, 1.165) is 44.1 Å². The standard InChI is InChI=1S/C16H21NO4S/c1-2-20-16(19)13-10-6-3-4-8-12(10)22-15(13)17-14(18)11-7-5-9-21-11/h11H,2-9H2,1H3,(H,17,18)/t11-/m0/s1. The van der Waals surface area contributed by atoms with Crippen LogP contribution in [0.2, 0.25) is 0 Å². The van der Waals surface area contributed by atoms with Crippen molar-refractivity contribution in [3.63, 3.8) is 0 Å². The van der Waals surface area contributed by atoms with Crippen LogP contribution in [0.3, 0.4) is 0 Å². The molecular weight excluding hydrogens is 302 g/mol. The van der Waals surface area contributed by atoms with Gasteiger partial charge in [0.1, 0.15) is 11.1 Å². The highest BCUT2D eigenvalue weighted by Crippen LogP contribution is 2.38. The molecule has 2 aliphatic rings. The van der Waals surface area contributed by atoms with Gasteiger partial charge >= 0.3 is 5.97 Å². The SMILES string of the molecule is CCOC(=O)c1c(NC(=O)[C@@H]2CCCO2)sc2c1CCCC2. The predicted octanol–water partition coefficient (Wildman–Crippen LogP) is 2.92. The van der Waals surface area contributed by atoms with Crippen LogP contribution in [0.4, 0.5) is 5.00 Å². The number of hydrogen-bond donors (Lipinski definition) is 1. The maximum absolute atomic E-state index is 12.3. The summed E-state index contributed by atoms with van der Waals surface area (Å²) < 4.78 is 10.6. The van der Waals surface area contributed by atoms with Gasteiger partial charge in [-0.2, -0.15) is 0 Å². The molecule has 3 rings (SSSR count). The molecule has 1 amide bonds. The maximum Gasteiger partial charge on any atom is 0.341 e. The molecule has 1 aromatic heterocycles. The molecule has 0 aromatic carbocycles. The fraction of sp³-hybridized carbons (Fsp3) is 0.625. The Morgan fingerprint density at radius 2 is 2.14 bits per heavy atom. The number of nitrogens with one attached hydrogen (secondary N) is 1. The van der Waals surface area contributed by atoms with Crippen molar-refractivity contribution in [2.24, 2.45) is 0 Å². The molecule has 1 aliphatic heterocycles. The van der Waals surface area contributed by atoms with Crippen LogP contribution in [0, 0.1) is 0 Å². The zero-order chi connectivity index (χ0) is 15.5. The molecular formula is C16H21NO4S. The van der Waals surface area contributed by atoms with Crippen LogP contribution in [0.5, 0.6) is 0 Å². The Morgan fingerprint density at radius 3 is 2.86 bits per heavy atom. The van der Waals surface area contributed by atoms with Crippen molar-refractivity contribution in [3.05, 3.63) is 16.0 Å². The van der Waals surface area contributed by atoms with Gasteiger partial charge in [0.2, 0.25) is 0 Å². The van der Waals surface area contributed by atoms with Gasteiger partial charge in [0.05, 0.1) is 12.2 Å². The summed E-state index contributed by atoms with van der Waals surface area (Å²) in [5, 5.41) is 3.53. The largest absolute Gasteiger partial charge is 0.462 e. The molecule has 6 heteroatoms. The lowest BCUT2D eigenvalue weighted by Gasteiger charge is -2.13. The normalized spacial score (nSPS) is 20.5. The summed E-state index contributed by atoms with van der Waals surface area (Å²) in [7, 11) is 0. The van der Waals surface area contributed by atoms with Gasteiger partial charge in [0.15, 0.2) is 0 Å². The van der Waals surface area contributed by atoms with Crippen molar-refractivity contribution in [1.29, 1.82) is 0 Å². The van der Waals surface area contributed by atoms with E-state index in [1.54, 1.807) is 6.92 Å². The van der Waals surface area contributed by atoms with Crippen LogP contribution in [0.15, 0.2) is 0 Å². The van der Waals surface area contributed by atoms with E-state index in [9.17, 15) is 9.59 Å². The van der Waals surface area contributed by atoms with E-state index in [4.69, 9.17) is 9.47 Å². The molecule has 0 radical (unpaired) electrons. The van der Waals surface area contributed by atoms with Crippen molar-refractivity contribution in [2.75, 3.05) is 18.5 Å². The van der Waals surface area contributed by atoms with E-state index in [1.807, 2.05) is 0 Å². The fourth-order valence-electron chi connectivity index (χ4n) is 3.05. The predicted molar refractivity (Wildman–Crippen MR) is 84.5 cm³/mol. The number of thiophene rings is 1. The fourth-order valence-corrected chi connectivity index (χ4v) is 4.33. The summed E-state index contributed by atoms with van der Waals surface area (Å²) >= 11 is 1.51. The third kappa shape index (κ3) is 3.03. The van der Waals surface area contributed by atoms with E-state index in [-0.39, 0.29) is 11.9 Å². The first-order valence-electron chi connectivity index (χ1n) is 7.94. The maximum atomic E-state index is 12.3. The molecule has 0 saturated carbocycles. The Morgan fingerprint density at radius 1 is 1.32 bits per heavy atom. The molecule has 1 fully saturated rings. The Bertz CT molecular complexity index is 575. The number of carbonyl (C=O) groups is 2. The third-order valence-electron chi connectivity index (χ3n) is 4.11. The van der Waals surface area contributed by atoms with Crippen molar-refractivity contribution in [2.45, 2.75) is 51.6 Å². The van der Waals surface area contributed by atoms with Gasteiger partial charge in [-0.15, -0.1) is 11.3 Å². The van der Waals surface area contributed by atoms with E-state index in [2.05, 4.69) is 5.32 Å². The van der Waals surface area contributed by atoms with E-state index in [1.165, 1.54) is 16.2 Å². The van der Waals surface area contributed by atoms with Gasteiger partial charge in [-0.05, 0) is 51.0 Å².